The molecule has 2 rings (SSSR count). The van der Waals surface area contributed by atoms with Crippen molar-refractivity contribution < 1.29 is 14.4 Å². The third-order valence-electron chi connectivity index (χ3n) is 2.34. The van der Waals surface area contributed by atoms with E-state index in [-0.39, 0.29) is 5.46 Å². The molecule has 2 aromatic carbocycles. The molecule has 0 atom stereocenters. The lowest BCUT2D eigenvalue weighted by Crippen LogP contribution is -2.32. The van der Waals surface area contributed by atoms with E-state index in [1.165, 1.54) is 12.1 Å². The largest absolute Gasteiger partial charge is 0.491 e. The smallest absolute Gasteiger partial charge is 0.423 e. The van der Waals surface area contributed by atoms with Crippen molar-refractivity contribution >= 4 is 24.0 Å². The van der Waals surface area contributed by atoms with Gasteiger partial charge in [0.25, 0.3) is 0 Å². The summed E-state index contributed by atoms with van der Waals surface area (Å²) in [6, 6.07) is 13.5. The molecule has 0 radical (unpaired) electrons. The van der Waals surface area contributed by atoms with Gasteiger partial charge in [0.05, 0.1) is 0 Å². The summed E-state index contributed by atoms with van der Waals surface area (Å²) in [4.78, 5) is 0. The fourth-order valence-electron chi connectivity index (χ4n) is 1.50. The van der Waals surface area contributed by atoms with E-state index in [1.807, 2.05) is 30.3 Å². The Labute approximate surface area is 98.7 Å². The lowest BCUT2D eigenvalue weighted by molar-refractivity contribution is 0.423. The predicted molar refractivity (Wildman–Crippen MR) is 66.0 cm³/mol. The minimum atomic E-state index is -1.79. The molecule has 0 bridgehead atoms. The Hall–Kier alpha value is -1.85. The predicted octanol–water partition coefficient (Wildman–Crippen LogP) is 1.25. The Balaban J connectivity index is 2.21. The zero-order valence-corrected chi connectivity index (χ0v) is 8.97. The molecule has 0 heterocycles. The first-order valence-corrected chi connectivity index (χ1v) is 5.14. The Morgan fingerprint density at radius 3 is 2.24 bits per heavy atom. The number of halogens is 1. The standard InChI is InChI=1S/C12H11BFNO2/c14-12-8-10(6-7-11(12)13(16)17)15-9-4-2-1-3-5-9/h1-8,15-17H. The van der Waals surface area contributed by atoms with Gasteiger partial charge in [0.2, 0.25) is 0 Å². The van der Waals surface area contributed by atoms with Gasteiger partial charge in [-0.2, -0.15) is 0 Å². The molecule has 86 valence electrons. The van der Waals surface area contributed by atoms with Crippen LogP contribution in [0.1, 0.15) is 0 Å². The van der Waals surface area contributed by atoms with Crippen LogP contribution in [-0.2, 0) is 0 Å². The topological polar surface area (TPSA) is 52.5 Å². The summed E-state index contributed by atoms with van der Waals surface area (Å²) in [7, 11) is -1.79. The van der Waals surface area contributed by atoms with Crippen LogP contribution in [0.2, 0.25) is 0 Å². The van der Waals surface area contributed by atoms with Crippen LogP contribution in [0.3, 0.4) is 0 Å². The molecule has 0 spiro atoms. The normalized spacial score (nSPS) is 10.1. The maximum absolute atomic E-state index is 13.4. The van der Waals surface area contributed by atoms with Gasteiger partial charge in [0.15, 0.2) is 0 Å². The van der Waals surface area contributed by atoms with E-state index in [1.54, 1.807) is 6.07 Å². The summed E-state index contributed by atoms with van der Waals surface area (Å²) in [5.41, 5.74) is 1.26. The van der Waals surface area contributed by atoms with Gasteiger partial charge in [-0.15, -0.1) is 0 Å². The van der Waals surface area contributed by atoms with Crippen molar-refractivity contribution in [3.63, 3.8) is 0 Å². The van der Waals surface area contributed by atoms with Crippen LogP contribution < -0.4 is 10.8 Å². The summed E-state index contributed by atoms with van der Waals surface area (Å²) in [5.74, 6) is -0.652. The van der Waals surface area contributed by atoms with Crippen LogP contribution in [0.5, 0.6) is 0 Å². The quantitative estimate of drug-likeness (QED) is 0.696. The highest BCUT2D eigenvalue weighted by Gasteiger charge is 2.16. The van der Waals surface area contributed by atoms with Gasteiger partial charge in [-0.1, -0.05) is 24.3 Å². The number of rotatable bonds is 3. The van der Waals surface area contributed by atoms with Crippen LogP contribution >= 0.6 is 0 Å². The SMILES string of the molecule is OB(O)c1ccc(Nc2ccccc2)cc1F. The van der Waals surface area contributed by atoms with Crippen LogP contribution in [0.4, 0.5) is 15.8 Å². The minimum absolute atomic E-state index is 0.136. The molecule has 0 saturated heterocycles. The molecule has 0 aliphatic heterocycles. The molecule has 3 N–H and O–H groups in total. The lowest BCUT2D eigenvalue weighted by atomic mass is 9.80. The summed E-state index contributed by atoms with van der Waals surface area (Å²) < 4.78 is 13.4. The second-order valence-electron chi connectivity index (χ2n) is 3.60. The van der Waals surface area contributed by atoms with Crippen molar-refractivity contribution in [1.29, 1.82) is 0 Å². The van der Waals surface area contributed by atoms with Crippen molar-refractivity contribution in [2.75, 3.05) is 5.32 Å². The van der Waals surface area contributed by atoms with Crippen molar-refractivity contribution in [3.8, 4) is 0 Å². The summed E-state index contributed by atoms with van der Waals surface area (Å²) in [5, 5.41) is 20.8. The Morgan fingerprint density at radius 2 is 1.65 bits per heavy atom. The molecule has 3 nitrogen and oxygen atoms in total. The first kappa shape index (κ1) is 11.6. The molecule has 0 saturated carbocycles. The summed E-state index contributed by atoms with van der Waals surface area (Å²) >= 11 is 0. The molecular weight excluding hydrogens is 220 g/mol. The first-order chi connectivity index (χ1) is 8.16. The number of para-hydroxylation sites is 1. The second kappa shape index (κ2) is 4.99. The van der Waals surface area contributed by atoms with Gasteiger partial charge in [-0.3, -0.25) is 0 Å². The Kier molecular flexibility index (Phi) is 3.42. The van der Waals surface area contributed by atoms with Gasteiger partial charge < -0.3 is 15.4 Å². The minimum Gasteiger partial charge on any atom is -0.423 e. The molecule has 0 amide bonds. The van der Waals surface area contributed by atoms with Crippen molar-refractivity contribution in [2.45, 2.75) is 0 Å². The molecule has 2 aromatic rings. The third-order valence-corrected chi connectivity index (χ3v) is 2.34. The van der Waals surface area contributed by atoms with Gasteiger partial charge >= 0.3 is 7.12 Å². The summed E-state index contributed by atoms with van der Waals surface area (Å²) in [6.45, 7) is 0. The number of nitrogens with one attached hydrogen (secondary N) is 1. The van der Waals surface area contributed by atoms with Gasteiger partial charge in [-0.05, 0) is 24.3 Å². The Morgan fingerprint density at radius 1 is 0.941 bits per heavy atom. The Bertz CT molecular complexity index is 505. The zero-order valence-electron chi connectivity index (χ0n) is 8.97. The molecule has 17 heavy (non-hydrogen) atoms. The van der Waals surface area contributed by atoms with Gasteiger partial charge in [0.1, 0.15) is 5.82 Å². The first-order valence-electron chi connectivity index (χ1n) is 5.14. The van der Waals surface area contributed by atoms with E-state index in [0.29, 0.717) is 5.69 Å². The number of hydrogen-bond acceptors (Lipinski definition) is 3. The number of benzene rings is 2. The highest BCUT2D eigenvalue weighted by atomic mass is 19.1. The van der Waals surface area contributed by atoms with E-state index in [2.05, 4.69) is 5.32 Å². The van der Waals surface area contributed by atoms with Crippen molar-refractivity contribution in [1.82, 2.24) is 0 Å². The number of hydrogen-bond donors (Lipinski definition) is 3. The van der Waals surface area contributed by atoms with E-state index < -0.39 is 12.9 Å². The van der Waals surface area contributed by atoms with Crippen LogP contribution in [0, 0.1) is 5.82 Å². The lowest BCUT2D eigenvalue weighted by Gasteiger charge is -2.08. The van der Waals surface area contributed by atoms with Gasteiger partial charge in [0, 0.05) is 16.8 Å². The van der Waals surface area contributed by atoms with E-state index >= 15 is 0 Å². The van der Waals surface area contributed by atoms with Crippen molar-refractivity contribution in [2.24, 2.45) is 0 Å². The maximum Gasteiger partial charge on any atom is 0.491 e. The van der Waals surface area contributed by atoms with E-state index in [4.69, 9.17) is 10.0 Å². The highest BCUT2D eigenvalue weighted by molar-refractivity contribution is 6.58. The molecular formula is C12H11BFNO2. The highest BCUT2D eigenvalue weighted by Crippen LogP contribution is 2.15. The monoisotopic (exact) mass is 231 g/mol. The van der Waals surface area contributed by atoms with Crippen LogP contribution in [-0.4, -0.2) is 17.2 Å². The average molecular weight is 231 g/mol. The fraction of sp³-hybridized carbons (Fsp3) is 0. The molecule has 5 heteroatoms. The average Bonchev–Trinajstić information content (AvgIpc) is 2.30. The maximum atomic E-state index is 13.4. The molecule has 0 fully saturated rings. The molecule has 0 aliphatic rings. The number of anilines is 2. The van der Waals surface area contributed by atoms with Gasteiger partial charge in [-0.25, -0.2) is 4.39 Å². The zero-order chi connectivity index (χ0) is 12.3. The summed E-state index contributed by atoms with van der Waals surface area (Å²) in [6.07, 6.45) is 0. The molecule has 0 unspecified atom stereocenters. The third kappa shape index (κ3) is 2.84. The molecule has 0 aliphatic carbocycles. The fourth-order valence-corrected chi connectivity index (χ4v) is 1.50. The van der Waals surface area contributed by atoms with E-state index in [0.717, 1.165) is 5.69 Å². The van der Waals surface area contributed by atoms with Crippen LogP contribution in [0.15, 0.2) is 48.5 Å². The van der Waals surface area contributed by atoms with Crippen LogP contribution in [0.25, 0.3) is 0 Å². The van der Waals surface area contributed by atoms with E-state index in [9.17, 15) is 4.39 Å². The second-order valence-corrected chi connectivity index (χ2v) is 3.60. The molecule has 0 aromatic heterocycles. The van der Waals surface area contributed by atoms with Crippen molar-refractivity contribution in [3.05, 3.63) is 54.3 Å².